The molecule has 0 heterocycles. The van der Waals surface area contributed by atoms with Crippen LogP contribution in [0.15, 0.2) is 84.9 Å². The van der Waals surface area contributed by atoms with Crippen molar-refractivity contribution < 1.29 is 27.9 Å². The molecule has 0 aromatic heterocycles. The number of hydrogen-bond donors (Lipinski definition) is 2. The molecular formula is C35H47N2O6P. The van der Waals surface area contributed by atoms with Crippen LogP contribution in [0.2, 0.25) is 0 Å². The van der Waals surface area contributed by atoms with Crippen LogP contribution in [0.25, 0.3) is 0 Å². The maximum atomic E-state index is 14.0. The third-order valence-electron chi connectivity index (χ3n) is 6.75. The number of benzene rings is 3. The van der Waals surface area contributed by atoms with Crippen LogP contribution in [-0.2, 0) is 42.8 Å². The zero-order valence-corrected chi connectivity index (χ0v) is 27.3. The van der Waals surface area contributed by atoms with Crippen molar-refractivity contribution in [1.82, 2.24) is 5.32 Å². The summed E-state index contributed by atoms with van der Waals surface area (Å²) in [6.07, 6.45) is 4.69. The van der Waals surface area contributed by atoms with Crippen molar-refractivity contribution in [3.05, 3.63) is 102 Å². The Bertz CT molecular complexity index is 1300. The lowest BCUT2D eigenvalue weighted by molar-refractivity contribution is -0.118. The summed E-state index contributed by atoms with van der Waals surface area (Å²) in [5.41, 5.74) is 2.68. The summed E-state index contributed by atoms with van der Waals surface area (Å²) >= 11 is 0. The van der Waals surface area contributed by atoms with Crippen molar-refractivity contribution in [2.45, 2.75) is 91.1 Å². The Morgan fingerprint density at radius 3 is 1.95 bits per heavy atom. The molecule has 0 aliphatic carbocycles. The molecule has 44 heavy (non-hydrogen) atoms. The molecular weight excluding hydrogens is 575 g/mol. The van der Waals surface area contributed by atoms with E-state index in [9.17, 15) is 14.2 Å². The van der Waals surface area contributed by atoms with E-state index in [4.69, 9.17) is 13.8 Å². The minimum absolute atomic E-state index is 0.00262. The van der Waals surface area contributed by atoms with E-state index < -0.39 is 31.2 Å². The van der Waals surface area contributed by atoms with Gasteiger partial charge < -0.3 is 24.4 Å². The molecule has 8 nitrogen and oxygen atoms in total. The number of carbonyl (C=O) groups excluding carboxylic acids is 2. The molecule has 0 fully saturated rings. The van der Waals surface area contributed by atoms with Crippen LogP contribution in [0.3, 0.4) is 0 Å². The van der Waals surface area contributed by atoms with Gasteiger partial charge in [-0.05, 0) is 68.9 Å². The molecule has 0 spiro atoms. The largest absolute Gasteiger partial charge is 0.444 e. The Hall–Kier alpha value is -3.45. The van der Waals surface area contributed by atoms with E-state index in [2.05, 4.69) is 17.6 Å². The third kappa shape index (κ3) is 13.5. The van der Waals surface area contributed by atoms with Gasteiger partial charge >= 0.3 is 13.7 Å². The second-order valence-corrected chi connectivity index (χ2v) is 14.0. The maximum absolute atomic E-state index is 14.0. The Morgan fingerprint density at radius 1 is 0.795 bits per heavy atom. The van der Waals surface area contributed by atoms with E-state index in [1.165, 1.54) is 12.8 Å². The van der Waals surface area contributed by atoms with Crippen molar-refractivity contribution in [1.29, 1.82) is 0 Å². The topological polar surface area (TPSA) is 103 Å². The number of alkyl carbamates (subject to hydrolysis) is 1. The van der Waals surface area contributed by atoms with Gasteiger partial charge in [0.15, 0.2) is 0 Å². The Kier molecular flexibility index (Phi) is 14.1. The monoisotopic (exact) mass is 622 g/mol. The standard InChI is InChI=1S/C35H47N2O6P/c1-5-6-7-10-16-28-21-15-22-31(25-28)36-33(38)32(37-34(39)43-35(2,3)4)23-24-44(40,41-26-29-17-11-8-12-18-29)42-27-30-19-13-9-14-20-30/h8-9,11-15,17-22,25,32H,5-7,10,16,23-24,26-27H2,1-4H3,(H,36,38)(H,37,39). The van der Waals surface area contributed by atoms with Crippen molar-refractivity contribution in [2.24, 2.45) is 0 Å². The van der Waals surface area contributed by atoms with Crippen molar-refractivity contribution in [3.63, 3.8) is 0 Å². The molecule has 3 rings (SSSR count). The summed E-state index contributed by atoms with van der Waals surface area (Å²) in [5, 5.41) is 5.59. The van der Waals surface area contributed by atoms with Gasteiger partial charge in [0.25, 0.3) is 0 Å². The van der Waals surface area contributed by atoms with E-state index in [0.717, 1.165) is 36.0 Å². The predicted octanol–water partition coefficient (Wildman–Crippen LogP) is 8.66. The summed E-state index contributed by atoms with van der Waals surface area (Å²) in [4.78, 5) is 26.3. The number of unbranched alkanes of at least 4 members (excludes halogenated alkanes) is 3. The Morgan fingerprint density at radius 2 is 1.39 bits per heavy atom. The van der Waals surface area contributed by atoms with Crippen LogP contribution < -0.4 is 10.6 Å². The first-order chi connectivity index (χ1) is 21.0. The fourth-order valence-corrected chi connectivity index (χ4v) is 6.06. The molecule has 238 valence electrons. The van der Waals surface area contributed by atoms with Gasteiger partial charge in [-0.25, -0.2) is 4.79 Å². The zero-order valence-electron chi connectivity index (χ0n) is 26.4. The van der Waals surface area contributed by atoms with Gasteiger partial charge in [-0.3, -0.25) is 9.36 Å². The van der Waals surface area contributed by atoms with E-state index in [1.54, 1.807) is 20.8 Å². The highest BCUT2D eigenvalue weighted by atomic mass is 31.2. The van der Waals surface area contributed by atoms with Crippen LogP contribution in [0, 0.1) is 0 Å². The number of carbonyl (C=O) groups is 2. The number of rotatable bonds is 17. The molecule has 0 aliphatic rings. The van der Waals surface area contributed by atoms with Gasteiger partial charge in [-0.2, -0.15) is 0 Å². The number of nitrogens with one attached hydrogen (secondary N) is 2. The fraction of sp³-hybridized carbons (Fsp3) is 0.429. The number of amides is 2. The first-order valence-electron chi connectivity index (χ1n) is 15.4. The summed E-state index contributed by atoms with van der Waals surface area (Å²) < 4.78 is 31.3. The second-order valence-electron chi connectivity index (χ2n) is 11.8. The Labute approximate surface area is 262 Å². The highest BCUT2D eigenvalue weighted by molar-refractivity contribution is 7.53. The minimum Gasteiger partial charge on any atom is -0.444 e. The van der Waals surface area contributed by atoms with Crippen LogP contribution in [-0.4, -0.2) is 29.8 Å². The van der Waals surface area contributed by atoms with Gasteiger partial charge in [-0.15, -0.1) is 0 Å². The molecule has 3 aromatic rings. The lowest BCUT2D eigenvalue weighted by atomic mass is 10.1. The number of ether oxygens (including phenoxy) is 1. The lowest BCUT2D eigenvalue weighted by Gasteiger charge is -2.25. The highest BCUT2D eigenvalue weighted by Gasteiger charge is 2.31. The average molecular weight is 623 g/mol. The van der Waals surface area contributed by atoms with Crippen LogP contribution in [0.1, 0.15) is 76.5 Å². The fourth-order valence-electron chi connectivity index (χ4n) is 4.46. The average Bonchev–Trinajstić information content (AvgIpc) is 3.00. The van der Waals surface area contributed by atoms with Gasteiger partial charge in [0.05, 0.1) is 19.4 Å². The molecule has 2 N–H and O–H groups in total. The van der Waals surface area contributed by atoms with Gasteiger partial charge in [-0.1, -0.05) is 99.0 Å². The number of hydrogen-bond acceptors (Lipinski definition) is 6. The van der Waals surface area contributed by atoms with E-state index >= 15 is 0 Å². The van der Waals surface area contributed by atoms with Crippen LogP contribution in [0.4, 0.5) is 10.5 Å². The third-order valence-corrected chi connectivity index (χ3v) is 8.60. The van der Waals surface area contributed by atoms with Crippen molar-refractivity contribution >= 4 is 25.3 Å². The molecule has 9 heteroatoms. The van der Waals surface area contributed by atoms with E-state index in [-0.39, 0.29) is 25.8 Å². The minimum atomic E-state index is -3.71. The summed E-state index contributed by atoms with van der Waals surface area (Å²) in [7, 11) is -3.71. The van der Waals surface area contributed by atoms with E-state index in [0.29, 0.717) is 5.69 Å². The van der Waals surface area contributed by atoms with Gasteiger partial charge in [0.2, 0.25) is 5.91 Å². The molecule has 1 unspecified atom stereocenters. The van der Waals surface area contributed by atoms with Crippen LogP contribution >= 0.6 is 7.60 Å². The SMILES string of the molecule is CCCCCCc1cccc(NC(=O)C(CCP(=O)(OCc2ccccc2)OCc2ccccc2)NC(=O)OC(C)(C)C)c1. The summed E-state index contributed by atoms with van der Waals surface area (Å²) in [6, 6.07) is 25.4. The summed E-state index contributed by atoms with van der Waals surface area (Å²) in [5.74, 6) is -0.448. The highest BCUT2D eigenvalue weighted by Crippen LogP contribution is 2.50. The molecule has 1 atom stereocenters. The van der Waals surface area contributed by atoms with Crippen LogP contribution in [0.5, 0.6) is 0 Å². The molecule has 3 aromatic carbocycles. The lowest BCUT2D eigenvalue weighted by Crippen LogP contribution is -2.46. The summed E-state index contributed by atoms with van der Waals surface area (Å²) in [6.45, 7) is 7.58. The molecule has 0 aliphatic heterocycles. The van der Waals surface area contributed by atoms with Gasteiger partial charge in [0, 0.05) is 5.69 Å². The number of anilines is 1. The quantitative estimate of drug-likeness (QED) is 0.115. The number of aryl methyl sites for hydroxylation is 1. The molecule has 0 radical (unpaired) electrons. The Balaban J connectivity index is 1.75. The predicted molar refractivity (Wildman–Crippen MR) is 176 cm³/mol. The maximum Gasteiger partial charge on any atom is 0.408 e. The first-order valence-corrected chi connectivity index (χ1v) is 17.1. The van der Waals surface area contributed by atoms with E-state index in [1.807, 2.05) is 84.9 Å². The molecule has 0 saturated carbocycles. The first kappa shape index (κ1) is 35.0. The van der Waals surface area contributed by atoms with Crippen molar-refractivity contribution in [2.75, 3.05) is 11.5 Å². The zero-order chi connectivity index (χ0) is 31.8. The normalized spacial score (nSPS) is 12.4. The molecule has 0 saturated heterocycles. The van der Waals surface area contributed by atoms with Gasteiger partial charge in [0.1, 0.15) is 11.6 Å². The second kappa shape index (κ2) is 17.7. The molecule has 2 amide bonds. The molecule has 0 bridgehead atoms. The smallest absolute Gasteiger partial charge is 0.408 e. The van der Waals surface area contributed by atoms with Crippen molar-refractivity contribution in [3.8, 4) is 0 Å².